The fourth-order valence-corrected chi connectivity index (χ4v) is 2.97. The van der Waals surface area contributed by atoms with Crippen LogP contribution in [-0.4, -0.2) is 27.0 Å². The average molecular weight is 321 g/mol. The Balaban J connectivity index is 5.79. The Hall–Kier alpha value is -0.770. The van der Waals surface area contributed by atoms with Crippen LogP contribution in [0.2, 0.25) is 0 Å². The zero-order valence-electron chi connectivity index (χ0n) is 14.2. The second-order valence-corrected chi connectivity index (χ2v) is 9.19. The maximum Gasteiger partial charge on any atom is 0.337 e. The Morgan fingerprint density at radius 2 is 1.19 bits per heavy atom. The van der Waals surface area contributed by atoms with E-state index in [0.29, 0.717) is 19.3 Å². The van der Waals surface area contributed by atoms with Crippen molar-refractivity contribution in [3.05, 3.63) is 0 Å². The Bertz CT molecular complexity index is 389. The number of carboxylic acid groups (broad SMARTS) is 2. The van der Waals surface area contributed by atoms with Crippen LogP contribution in [0.25, 0.3) is 0 Å². The number of aliphatic carboxylic acids is 2. The third-order valence-corrected chi connectivity index (χ3v) is 4.55. The van der Waals surface area contributed by atoms with Gasteiger partial charge in [0.25, 0.3) is 0 Å². The zero-order chi connectivity index (χ0) is 17.3. The smallest absolute Gasteiger partial charge is 0.337 e. The summed E-state index contributed by atoms with van der Waals surface area (Å²) >= 11 is 6.15. The van der Waals surface area contributed by atoms with Gasteiger partial charge >= 0.3 is 11.9 Å². The molecule has 1 atom stereocenters. The van der Waals surface area contributed by atoms with Gasteiger partial charge < -0.3 is 10.2 Å². The number of hydrogen-bond acceptors (Lipinski definition) is 2. The second kappa shape index (κ2) is 6.15. The molecule has 0 aliphatic rings. The number of hydrogen-bond donors (Lipinski definition) is 2. The summed E-state index contributed by atoms with van der Waals surface area (Å²) in [6.45, 7) is 13.7. The summed E-state index contributed by atoms with van der Waals surface area (Å²) in [5.74, 6) is -2.98. The van der Waals surface area contributed by atoms with Crippen LogP contribution >= 0.6 is 11.6 Å². The van der Waals surface area contributed by atoms with Gasteiger partial charge in [0, 0.05) is 5.41 Å². The van der Waals surface area contributed by atoms with Crippen molar-refractivity contribution in [2.75, 3.05) is 0 Å². The molecule has 0 aromatic carbocycles. The Morgan fingerprint density at radius 3 is 1.43 bits per heavy atom. The van der Waals surface area contributed by atoms with Crippen LogP contribution in [0.3, 0.4) is 0 Å². The first-order chi connectivity index (χ1) is 9.05. The molecule has 0 saturated heterocycles. The van der Waals surface area contributed by atoms with E-state index in [1.165, 1.54) is 0 Å². The van der Waals surface area contributed by atoms with Crippen molar-refractivity contribution >= 4 is 23.5 Å². The van der Waals surface area contributed by atoms with E-state index < -0.39 is 22.2 Å². The predicted molar refractivity (Wildman–Crippen MR) is 84.7 cm³/mol. The molecule has 0 saturated carbocycles. The van der Waals surface area contributed by atoms with Crippen molar-refractivity contribution in [3.63, 3.8) is 0 Å². The van der Waals surface area contributed by atoms with Crippen LogP contribution in [0.1, 0.15) is 67.7 Å². The summed E-state index contributed by atoms with van der Waals surface area (Å²) in [5.41, 5.74) is -1.29. The van der Waals surface area contributed by atoms with Crippen molar-refractivity contribution < 1.29 is 19.8 Å². The molecule has 1 unspecified atom stereocenters. The lowest BCUT2D eigenvalue weighted by Crippen LogP contribution is -2.55. The highest BCUT2D eigenvalue weighted by Gasteiger charge is 2.59. The number of carbonyl (C=O) groups is 2. The van der Waals surface area contributed by atoms with E-state index in [0.717, 1.165) is 0 Å². The van der Waals surface area contributed by atoms with Gasteiger partial charge in [0.05, 0.1) is 0 Å². The number of rotatable bonds is 6. The fraction of sp³-hybridized carbons (Fsp3) is 0.875. The van der Waals surface area contributed by atoms with Gasteiger partial charge in [-0.05, 0) is 30.1 Å². The molecule has 0 rings (SSSR count). The lowest BCUT2D eigenvalue weighted by molar-refractivity contribution is -0.159. The normalized spacial score (nSPS) is 16.4. The molecule has 0 radical (unpaired) electrons. The molecular formula is C16H29ClO4. The van der Waals surface area contributed by atoms with Crippen molar-refractivity contribution in [1.29, 1.82) is 0 Å². The number of carboxylic acids is 2. The Labute approximate surface area is 132 Å². The highest BCUT2D eigenvalue weighted by atomic mass is 35.5. The van der Waals surface area contributed by atoms with Crippen LogP contribution in [0.15, 0.2) is 0 Å². The molecule has 0 aliphatic carbocycles. The molecule has 0 amide bonds. The first-order valence-corrected chi connectivity index (χ1v) is 7.59. The van der Waals surface area contributed by atoms with Gasteiger partial charge in [0.1, 0.15) is 0 Å². The highest BCUT2D eigenvalue weighted by Crippen LogP contribution is 2.50. The summed E-state index contributed by atoms with van der Waals surface area (Å²) in [6, 6.07) is 0. The van der Waals surface area contributed by atoms with Gasteiger partial charge in [-0.3, -0.25) is 0 Å². The van der Waals surface area contributed by atoms with Gasteiger partial charge in [0.2, 0.25) is 4.87 Å². The Kier molecular flexibility index (Phi) is 5.93. The maximum atomic E-state index is 11.6. The lowest BCUT2D eigenvalue weighted by Gasteiger charge is -2.44. The maximum absolute atomic E-state index is 11.6. The first kappa shape index (κ1) is 20.2. The van der Waals surface area contributed by atoms with E-state index in [9.17, 15) is 19.8 Å². The van der Waals surface area contributed by atoms with Crippen LogP contribution in [0.5, 0.6) is 0 Å². The van der Waals surface area contributed by atoms with Crippen molar-refractivity contribution in [2.24, 2.45) is 16.2 Å². The van der Waals surface area contributed by atoms with E-state index in [1.54, 1.807) is 6.92 Å². The van der Waals surface area contributed by atoms with Crippen LogP contribution in [0.4, 0.5) is 0 Å². The number of halogens is 1. The summed E-state index contributed by atoms with van der Waals surface area (Å²) in [5, 5.41) is 18.9. The van der Waals surface area contributed by atoms with Gasteiger partial charge in [0.15, 0.2) is 0 Å². The quantitative estimate of drug-likeness (QED) is 0.561. The summed E-state index contributed by atoms with van der Waals surface area (Å²) in [6.07, 6.45) is 1.56. The molecule has 0 fully saturated rings. The van der Waals surface area contributed by atoms with Gasteiger partial charge in [-0.15, -0.1) is 0 Å². The van der Waals surface area contributed by atoms with E-state index in [4.69, 9.17) is 11.6 Å². The molecule has 0 spiro atoms. The first-order valence-electron chi connectivity index (χ1n) is 7.21. The monoisotopic (exact) mass is 320 g/mol. The molecule has 124 valence electrons. The lowest BCUT2D eigenvalue weighted by atomic mass is 9.63. The fourth-order valence-electron chi connectivity index (χ4n) is 2.81. The van der Waals surface area contributed by atoms with Crippen LogP contribution in [0, 0.1) is 16.2 Å². The molecule has 0 aromatic heterocycles. The van der Waals surface area contributed by atoms with E-state index in [2.05, 4.69) is 0 Å². The third-order valence-electron chi connectivity index (χ3n) is 3.77. The minimum atomic E-state index is -2.31. The molecule has 4 nitrogen and oxygen atoms in total. The van der Waals surface area contributed by atoms with Gasteiger partial charge in [-0.1, -0.05) is 60.1 Å². The second-order valence-electron chi connectivity index (χ2n) is 8.63. The third kappa shape index (κ3) is 5.17. The minimum absolute atomic E-state index is 0.0199. The van der Waals surface area contributed by atoms with Gasteiger partial charge in [-0.2, -0.15) is 0 Å². The zero-order valence-corrected chi connectivity index (χ0v) is 15.0. The molecule has 0 bridgehead atoms. The molecular weight excluding hydrogens is 292 g/mol. The molecule has 0 heterocycles. The molecule has 0 aliphatic heterocycles. The molecule has 21 heavy (non-hydrogen) atoms. The topological polar surface area (TPSA) is 74.6 Å². The van der Waals surface area contributed by atoms with E-state index >= 15 is 0 Å². The van der Waals surface area contributed by atoms with Crippen molar-refractivity contribution in [3.8, 4) is 0 Å². The number of alkyl halides is 1. The SMILES string of the molecule is CC(C)(C)CCC(C)(CC(C)(C)C)C(Cl)(C(=O)O)C(=O)O. The largest absolute Gasteiger partial charge is 0.479 e. The molecule has 5 heteroatoms. The summed E-state index contributed by atoms with van der Waals surface area (Å²) in [7, 11) is 0. The van der Waals surface area contributed by atoms with Gasteiger partial charge in [-0.25, -0.2) is 9.59 Å². The average Bonchev–Trinajstić information content (AvgIpc) is 2.21. The van der Waals surface area contributed by atoms with Crippen LogP contribution < -0.4 is 0 Å². The predicted octanol–water partition coefficient (Wildman–Crippen LogP) is 4.40. The van der Waals surface area contributed by atoms with Crippen molar-refractivity contribution in [2.45, 2.75) is 72.6 Å². The highest BCUT2D eigenvalue weighted by molar-refractivity contribution is 6.44. The standard InChI is InChI=1S/C16H29ClO4/c1-13(2,3)8-9-15(7,10-14(4,5)6)16(17,11(18)19)12(20)21/h8-10H2,1-7H3,(H,18,19)(H,20,21). The van der Waals surface area contributed by atoms with Crippen molar-refractivity contribution in [1.82, 2.24) is 0 Å². The summed E-state index contributed by atoms with van der Waals surface area (Å²) in [4.78, 5) is 20.9. The minimum Gasteiger partial charge on any atom is -0.479 e. The van der Waals surface area contributed by atoms with E-state index in [1.807, 2.05) is 41.5 Å². The Morgan fingerprint density at radius 1 is 0.810 bits per heavy atom. The van der Waals surface area contributed by atoms with E-state index in [-0.39, 0.29) is 10.8 Å². The summed E-state index contributed by atoms with van der Waals surface area (Å²) < 4.78 is 0. The molecule has 2 N–H and O–H groups in total. The molecule has 0 aromatic rings. The van der Waals surface area contributed by atoms with Crippen LogP contribution in [-0.2, 0) is 9.59 Å².